The highest BCUT2D eigenvalue weighted by molar-refractivity contribution is 5.72. The summed E-state index contributed by atoms with van der Waals surface area (Å²) in [5.74, 6) is -0.725. The summed E-state index contributed by atoms with van der Waals surface area (Å²) in [5.41, 5.74) is 0. The van der Waals surface area contributed by atoms with Crippen molar-refractivity contribution in [1.29, 1.82) is 0 Å². The van der Waals surface area contributed by atoms with Crippen LogP contribution >= 0.6 is 0 Å². The number of hydrogen-bond donors (Lipinski definition) is 1. The zero-order chi connectivity index (χ0) is 11.7. The Morgan fingerprint density at radius 3 is 2.40 bits per heavy atom. The Bertz CT molecular complexity index is 168. The molecule has 0 spiro atoms. The Kier molecular flexibility index (Phi) is 8.38. The Morgan fingerprint density at radius 1 is 1.27 bits per heavy atom. The van der Waals surface area contributed by atoms with Gasteiger partial charge >= 0.3 is 5.97 Å². The summed E-state index contributed by atoms with van der Waals surface area (Å²) in [7, 11) is 1.35. The van der Waals surface area contributed by atoms with Gasteiger partial charge in [0, 0.05) is 0 Å². The summed E-state index contributed by atoms with van der Waals surface area (Å²) in [6.07, 6.45) is 5.96. The molecule has 0 unspecified atom stereocenters. The minimum atomic E-state index is -0.556. The maximum atomic E-state index is 11.1. The molecule has 0 aromatic heterocycles. The SMILES string of the molecule is CCCCCCC[C@@H](O)[C@H](C)C(=O)OC. The highest BCUT2D eigenvalue weighted by atomic mass is 16.5. The summed E-state index contributed by atoms with van der Waals surface area (Å²) in [6, 6.07) is 0. The molecular formula is C12H24O3. The molecule has 0 saturated heterocycles. The fraction of sp³-hybridized carbons (Fsp3) is 0.917. The molecule has 90 valence electrons. The minimum Gasteiger partial charge on any atom is -0.469 e. The molecule has 0 heterocycles. The van der Waals surface area contributed by atoms with Crippen LogP contribution in [0.3, 0.4) is 0 Å². The van der Waals surface area contributed by atoms with Crippen molar-refractivity contribution in [3.63, 3.8) is 0 Å². The summed E-state index contributed by atoms with van der Waals surface area (Å²) < 4.78 is 4.58. The lowest BCUT2D eigenvalue weighted by atomic mass is 9.99. The predicted molar refractivity (Wildman–Crippen MR) is 60.6 cm³/mol. The van der Waals surface area contributed by atoms with E-state index in [1.165, 1.54) is 26.4 Å². The number of rotatable bonds is 8. The van der Waals surface area contributed by atoms with Gasteiger partial charge in [0.1, 0.15) is 0 Å². The van der Waals surface area contributed by atoms with Crippen LogP contribution in [0.15, 0.2) is 0 Å². The fourth-order valence-corrected chi connectivity index (χ4v) is 1.55. The molecule has 3 heteroatoms. The molecule has 2 atom stereocenters. The normalized spacial score (nSPS) is 14.7. The van der Waals surface area contributed by atoms with Crippen LogP contribution in [0.1, 0.15) is 52.4 Å². The summed E-state index contributed by atoms with van der Waals surface area (Å²) >= 11 is 0. The van der Waals surface area contributed by atoms with Gasteiger partial charge in [-0.2, -0.15) is 0 Å². The molecule has 15 heavy (non-hydrogen) atoms. The first-order chi connectivity index (χ1) is 7.13. The highest BCUT2D eigenvalue weighted by Crippen LogP contribution is 2.13. The monoisotopic (exact) mass is 216 g/mol. The van der Waals surface area contributed by atoms with Gasteiger partial charge < -0.3 is 9.84 Å². The molecule has 0 aromatic carbocycles. The second-order valence-electron chi connectivity index (χ2n) is 4.08. The molecule has 3 nitrogen and oxygen atoms in total. The molecule has 0 fully saturated rings. The maximum absolute atomic E-state index is 11.1. The first kappa shape index (κ1) is 14.4. The van der Waals surface area contributed by atoms with Gasteiger partial charge in [-0.15, -0.1) is 0 Å². The Balaban J connectivity index is 3.55. The summed E-state index contributed by atoms with van der Waals surface area (Å²) in [6.45, 7) is 3.89. The fourth-order valence-electron chi connectivity index (χ4n) is 1.55. The van der Waals surface area contributed by atoms with Crippen LogP contribution in [0.4, 0.5) is 0 Å². The number of aliphatic hydroxyl groups excluding tert-OH is 1. The average Bonchev–Trinajstić information content (AvgIpc) is 2.26. The number of carbonyl (C=O) groups is 1. The van der Waals surface area contributed by atoms with Gasteiger partial charge in [-0.3, -0.25) is 4.79 Å². The molecule has 1 N–H and O–H groups in total. The van der Waals surface area contributed by atoms with Crippen LogP contribution in [0.2, 0.25) is 0 Å². The molecule has 0 rings (SSSR count). The van der Waals surface area contributed by atoms with Crippen molar-refractivity contribution >= 4 is 5.97 Å². The average molecular weight is 216 g/mol. The van der Waals surface area contributed by atoms with Crippen molar-refractivity contribution in [2.45, 2.75) is 58.5 Å². The number of hydrogen-bond acceptors (Lipinski definition) is 3. The van der Waals surface area contributed by atoms with E-state index in [0.717, 1.165) is 12.8 Å². The van der Waals surface area contributed by atoms with Crippen LogP contribution in [0.5, 0.6) is 0 Å². The van der Waals surface area contributed by atoms with Gasteiger partial charge in [0.05, 0.1) is 19.1 Å². The standard InChI is InChI=1S/C12H24O3/c1-4-5-6-7-8-9-11(13)10(2)12(14)15-3/h10-11,13H,4-9H2,1-3H3/t10-,11+/m0/s1. The highest BCUT2D eigenvalue weighted by Gasteiger charge is 2.21. The van der Waals surface area contributed by atoms with E-state index < -0.39 is 12.0 Å². The van der Waals surface area contributed by atoms with Crippen molar-refractivity contribution in [2.24, 2.45) is 5.92 Å². The molecule has 0 aliphatic rings. The molecule has 0 radical (unpaired) electrons. The van der Waals surface area contributed by atoms with E-state index >= 15 is 0 Å². The topological polar surface area (TPSA) is 46.5 Å². The summed E-state index contributed by atoms with van der Waals surface area (Å²) in [4.78, 5) is 11.1. The van der Waals surface area contributed by atoms with Crippen molar-refractivity contribution in [1.82, 2.24) is 0 Å². The van der Waals surface area contributed by atoms with Crippen molar-refractivity contribution in [3.8, 4) is 0 Å². The van der Waals surface area contributed by atoms with E-state index in [-0.39, 0.29) is 5.97 Å². The molecule has 0 saturated carbocycles. The second kappa shape index (κ2) is 8.72. The van der Waals surface area contributed by atoms with Crippen LogP contribution in [-0.4, -0.2) is 24.3 Å². The van der Waals surface area contributed by atoms with E-state index in [1.807, 2.05) is 0 Å². The Morgan fingerprint density at radius 2 is 1.87 bits per heavy atom. The minimum absolute atomic E-state index is 0.323. The lowest BCUT2D eigenvalue weighted by Gasteiger charge is -2.16. The number of unbranched alkanes of at least 4 members (excludes halogenated alkanes) is 4. The first-order valence-corrected chi connectivity index (χ1v) is 5.89. The first-order valence-electron chi connectivity index (χ1n) is 5.89. The zero-order valence-electron chi connectivity index (χ0n) is 10.2. The second-order valence-corrected chi connectivity index (χ2v) is 4.08. The van der Waals surface area contributed by atoms with Gasteiger partial charge in [-0.25, -0.2) is 0 Å². The third-order valence-electron chi connectivity index (χ3n) is 2.75. The quantitative estimate of drug-likeness (QED) is 0.501. The van der Waals surface area contributed by atoms with Gasteiger partial charge in [-0.1, -0.05) is 39.0 Å². The number of aliphatic hydroxyl groups is 1. The molecule has 0 aromatic rings. The molecule has 0 aliphatic carbocycles. The molecule has 0 aliphatic heterocycles. The lowest BCUT2D eigenvalue weighted by Crippen LogP contribution is -2.26. The summed E-state index contributed by atoms with van der Waals surface area (Å²) in [5, 5.41) is 9.67. The van der Waals surface area contributed by atoms with Gasteiger partial charge in [-0.05, 0) is 13.3 Å². The van der Waals surface area contributed by atoms with Crippen LogP contribution < -0.4 is 0 Å². The molecule has 0 amide bonds. The third kappa shape index (κ3) is 6.50. The lowest BCUT2D eigenvalue weighted by molar-refractivity contribution is -0.148. The zero-order valence-corrected chi connectivity index (χ0v) is 10.2. The maximum Gasteiger partial charge on any atom is 0.311 e. The third-order valence-corrected chi connectivity index (χ3v) is 2.75. The van der Waals surface area contributed by atoms with Gasteiger partial charge in [0.15, 0.2) is 0 Å². The van der Waals surface area contributed by atoms with Gasteiger partial charge in [0.2, 0.25) is 0 Å². The van der Waals surface area contributed by atoms with E-state index in [4.69, 9.17) is 0 Å². The number of methoxy groups -OCH3 is 1. The van der Waals surface area contributed by atoms with E-state index in [0.29, 0.717) is 6.42 Å². The number of ether oxygens (including phenoxy) is 1. The van der Waals surface area contributed by atoms with Crippen LogP contribution in [0, 0.1) is 5.92 Å². The van der Waals surface area contributed by atoms with E-state index in [9.17, 15) is 9.90 Å². The Labute approximate surface area is 92.8 Å². The van der Waals surface area contributed by atoms with Gasteiger partial charge in [0.25, 0.3) is 0 Å². The predicted octanol–water partition coefficient (Wildman–Crippen LogP) is 2.52. The Hall–Kier alpha value is -0.570. The smallest absolute Gasteiger partial charge is 0.311 e. The van der Waals surface area contributed by atoms with Crippen LogP contribution in [0.25, 0.3) is 0 Å². The molecule has 0 bridgehead atoms. The number of carbonyl (C=O) groups excluding carboxylic acids is 1. The van der Waals surface area contributed by atoms with Crippen molar-refractivity contribution in [3.05, 3.63) is 0 Å². The van der Waals surface area contributed by atoms with Crippen molar-refractivity contribution < 1.29 is 14.6 Å². The largest absolute Gasteiger partial charge is 0.469 e. The number of esters is 1. The van der Waals surface area contributed by atoms with E-state index in [2.05, 4.69) is 11.7 Å². The van der Waals surface area contributed by atoms with Crippen LogP contribution in [-0.2, 0) is 9.53 Å². The van der Waals surface area contributed by atoms with Crippen molar-refractivity contribution in [2.75, 3.05) is 7.11 Å². The molecular weight excluding hydrogens is 192 g/mol. The van der Waals surface area contributed by atoms with E-state index in [1.54, 1.807) is 6.92 Å².